The Kier molecular flexibility index (Phi) is 7.65. The molecule has 4 rings (SSSR count). The zero-order chi connectivity index (χ0) is 23.4. The van der Waals surface area contributed by atoms with Crippen LogP contribution in [0.1, 0.15) is 49.1 Å². The first-order chi connectivity index (χ1) is 15.8. The Morgan fingerprint density at radius 1 is 1.15 bits per heavy atom. The Morgan fingerprint density at radius 3 is 2.55 bits per heavy atom. The highest BCUT2D eigenvalue weighted by atomic mass is 32.2. The molecule has 0 radical (unpaired) electrons. The van der Waals surface area contributed by atoms with Gasteiger partial charge in [-0.05, 0) is 44.2 Å². The van der Waals surface area contributed by atoms with E-state index in [0.717, 1.165) is 62.2 Å². The average molecular weight is 480 g/mol. The highest BCUT2D eigenvalue weighted by Crippen LogP contribution is 2.29. The maximum Gasteiger partial charge on any atom is 0.244 e. The number of pyridine rings is 1. The van der Waals surface area contributed by atoms with E-state index in [4.69, 9.17) is 4.52 Å². The summed E-state index contributed by atoms with van der Waals surface area (Å²) in [6.07, 6.45) is 5.36. The molecular formula is C23H34FN5O3S. The first kappa shape index (κ1) is 24.1. The molecule has 1 saturated carbocycles. The molecule has 1 aliphatic heterocycles. The molecule has 1 atom stereocenters. The molecule has 182 valence electrons. The Balaban J connectivity index is 1.41. The molecule has 1 unspecified atom stereocenters. The lowest BCUT2D eigenvalue weighted by Gasteiger charge is -2.35. The second kappa shape index (κ2) is 10.5. The van der Waals surface area contributed by atoms with Crippen LogP contribution in [0.15, 0.2) is 27.7 Å². The average Bonchev–Trinajstić information content (AvgIpc) is 3.23. The SMILES string of the molecule is Cc1cnc(N2CCN(Cc3cc(C)on3)CC2)c(S(=O)(=O)NCC(F)C2CCCCC2)c1. The van der Waals surface area contributed by atoms with Gasteiger partial charge in [-0.25, -0.2) is 22.5 Å². The summed E-state index contributed by atoms with van der Waals surface area (Å²) in [5.41, 5.74) is 1.64. The maximum absolute atomic E-state index is 14.7. The zero-order valence-corrected chi connectivity index (χ0v) is 20.3. The van der Waals surface area contributed by atoms with Crippen molar-refractivity contribution in [1.82, 2.24) is 19.8 Å². The molecule has 1 aliphatic carbocycles. The third kappa shape index (κ3) is 6.10. The lowest BCUT2D eigenvalue weighted by molar-refractivity contribution is 0.183. The van der Waals surface area contributed by atoms with Gasteiger partial charge in [-0.15, -0.1) is 0 Å². The van der Waals surface area contributed by atoms with Gasteiger partial charge in [-0.2, -0.15) is 0 Å². The van der Waals surface area contributed by atoms with Gasteiger partial charge in [0.2, 0.25) is 10.0 Å². The summed E-state index contributed by atoms with van der Waals surface area (Å²) < 4.78 is 48.7. The van der Waals surface area contributed by atoms with Gasteiger partial charge in [0.05, 0.1) is 5.69 Å². The number of hydrogen-bond acceptors (Lipinski definition) is 7. The van der Waals surface area contributed by atoms with Crippen molar-refractivity contribution >= 4 is 15.8 Å². The molecule has 2 aliphatic rings. The van der Waals surface area contributed by atoms with Crippen molar-refractivity contribution in [3.05, 3.63) is 35.3 Å². The molecule has 0 aromatic carbocycles. The first-order valence-corrected chi connectivity index (χ1v) is 13.3. The molecule has 33 heavy (non-hydrogen) atoms. The third-order valence-corrected chi connectivity index (χ3v) is 8.05. The summed E-state index contributed by atoms with van der Waals surface area (Å²) in [5.74, 6) is 1.16. The molecule has 2 fully saturated rings. The topological polar surface area (TPSA) is 91.6 Å². The minimum atomic E-state index is -3.89. The number of hydrogen-bond donors (Lipinski definition) is 1. The molecule has 0 spiro atoms. The number of piperazine rings is 1. The summed E-state index contributed by atoms with van der Waals surface area (Å²) in [4.78, 5) is 8.84. The standard InChI is InChI=1S/C23H34FN5O3S/c1-17-12-22(33(30,31)26-15-21(24)19-6-4-3-5-7-19)23(25-14-17)29-10-8-28(9-11-29)16-20-13-18(2)32-27-20/h12-14,19,21,26H,3-11,15-16H2,1-2H3. The fraction of sp³-hybridized carbons (Fsp3) is 0.652. The quantitative estimate of drug-likeness (QED) is 0.622. The van der Waals surface area contributed by atoms with Crippen molar-refractivity contribution in [2.24, 2.45) is 5.92 Å². The third-order valence-electron chi connectivity index (χ3n) is 6.62. The number of sulfonamides is 1. The van der Waals surface area contributed by atoms with Crippen LogP contribution in [-0.4, -0.2) is 62.4 Å². The Bertz CT molecular complexity index is 1030. The van der Waals surface area contributed by atoms with Crippen molar-refractivity contribution in [3.63, 3.8) is 0 Å². The molecule has 10 heteroatoms. The van der Waals surface area contributed by atoms with Gasteiger partial charge in [-0.1, -0.05) is 24.4 Å². The zero-order valence-electron chi connectivity index (χ0n) is 19.5. The molecular weight excluding hydrogens is 445 g/mol. The summed E-state index contributed by atoms with van der Waals surface area (Å²) in [5, 5.41) is 4.05. The van der Waals surface area contributed by atoms with Gasteiger partial charge in [0.15, 0.2) is 0 Å². The van der Waals surface area contributed by atoms with E-state index in [2.05, 4.69) is 19.8 Å². The number of nitrogens with one attached hydrogen (secondary N) is 1. The van der Waals surface area contributed by atoms with E-state index in [9.17, 15) is 12.8 Å². The van der Waals surface area contributed by atoms with E-state index in [1.807, 2.05) is 24.8 Å². The minimum absolute atomic E-state index is 0.0573. The molecule has 2 aromatic heterocycles. The number of halogens is 1. The van der Waals surface area contributed by atoms with Gasteiger partial charge in [0, 0.05) is 51.5 Å². The lowest BCUT2D eigenvalue weighted by Crippen LogP contribution is -2.47. The van der Waals surface area contributed by atoms with Crippen LogP contribution in [0.3, 0.4) is 0 Å². The number of rotatable bonds is 8. The molecule has 8 nitrogen and oxygen atoms in total. The Morgan fingerprint density at radius 2 is 1.88 bits per heavy atom. The summed E-state index contributed by atoms with van der Waals surface area (Å²) in [6, 6.07) is 3.55. The minimum Gasteiger partial charge on any atom is -0.361 e. The van der Waals surface area contributed by atoms with Gasteiger partial charge in [-0.3, -0.25) is 4.90 Å². The van der Waals surface area contributed by atoms with E-state index in [0.29, 0.717) is 25.5 Å². The van der Waals surface area contributed by atoms with Crippen LogP contribution in [0.25, 0.3) is 0 Å². The Hall–Kier alpha value is -2.04. The highest BCUT2D eigenvalue weighted by molar-refractivity contribution is 7.89. The summed E-state index contributed by atoms with van der Waals surface area (Å²) in [7, 11) is -3.89. The van der Waals surface area contributed by atoms with Crippen LogP contribution < -0.4 is 9.62 Å². The van der Waals surface area contributed by atoms with Crippen molar-refractivity contribution in [2.75, 3.05) is 37.6 Å². The van der Waals surface area contributed by atoms with E-state index in [-0.39, 0.29) is 17.4 Å². The fourth-order valence-electron chi connectivity index (χ4n) is 4.74. The number of aromatic nitrogens is 2. The number of anilines is 1. The van der Waals surface area contributed by atoms with Crippen molar-refractivity contribution in [2.45, 2.75) is 63.6 Å². The van der Waals surface area contributed by atoms with E-state index >= 15 is 0 Å². The van der Waals surface area contributed by atoms with Gasteiger partial charge in [0.25, 0.3) is 0 Å². The second-order valence-corrected chi connectivity index (χ2v) is 11.0. The summed E-state index contributed by atoms with van der Waals surface area (Å²) >= 11 is 0. The largest absolute Gasteiger partial charge is 0.361 e. The molecule has 2 aromatic rings. The van der Waals surface area contributed by atoms with Crippen molar-refractivity contribution < 1.29 is 17.3 Å². The van der Waals surface area contributed by atoms with Crippen LogP contribution in [0.5, 0.6) is 0 Å². The van der Waals surface area contributed by atoms with Gasteiger partial charge in [0.1, 0.15) is 22.6 Å². The second-order valence-electron chi connectivity index (χ2n) is 9.29. The Labute approximate surface area is 195 Å². The maximum atomic E-state index is 14.7. The number of aryl methyl sites for hydroxylation is 2. The predicted octanol–water partition coefficient (Wildman–Crippen LogP) is 3.21. The van der Waals surface area contributed by atoms with Crippen LogP contribution in [0.4, 0.5) is 10.2 Å². The van der Waals surface area contributed by atoms with Crippen LogP contribution in [-0.2, 0) is 16.6 Å². The number of nitrogens with zero attached hydrogens (tertiary/aromatic N) is 4. The monoisotopic (exact) mass is 479 g/mol. The molecule has 1 saturated heterocycles. The van der Waals surface area contributed by atoms with Gasteiger partial charge >= 0.3 is 0 Å². The van der Waals surface area contributed by atoms with E-state index in [1.54, 1.807) is 12.3 Å². The van der Waals surface area contributed by atoms with Crippen molar-refractivity contribution in [3.8, 4) is 0 Å². The molecule has 0 bridgehead atoms. The van der Waals surface area contributed by atoms with Crippen LogP contribution >= 0.6 is 0 Å². The van der Waals surface area contributed by atoms with Gasteiger partial charge < -0.3 is 9.42 Å². The molecule has 0 amide bonds. The first-order valence-electron chi connectivity index (χ1n) is 11.8. The predicted molar refractivity (Wildman–Crippen MR) is 124 cm³/mol. The van der Waals surface area contributed by atoms with Crippen LogP contribution in [0.2, 0.25) is 0 Å². The highest BCUT2D eigenvalue weighted by Gasteiger charge is 2.29. The number of alkyl halides is 1. The smallest absolute Gasteiger partial charge is 0.244 e. The fourth-order valence-corrected chi connectivity index (χ4v) is 6.04. The van der Waals surface area contributed by atoms with Crippen molar-refractivity contribution in [1.29, 1.82) is 0 Å². The molecule has 1 N–H and O–H groups in total. The summed E-state index contributed by atoms with van der Waals surface area (Å²) in [6.45, 7) is 6.97. The lowest BCUT2D eigenvalue weighted by atomic mass is 9.86. The molecule has 3 heterocycles. The van der Waals surface area contributed by atoms with Crippen LogP contribution in [0, 0.1) is 19.8 Å². The normalized spacial score (nSPS) is 19.7. The van der Waals surface area contributed by atoms with E-state index < -0.39 is 16.2 Å². The van der Waals surface area contributed by atoms with E-state index in [1.165, 1.54) is 0 Å².